The average Bonchev–Trinajstić information content (AvgIpc) is 2.25. The molecule has 0 radical (unpaired) electrons. The Morgan fingerprint density at radius 2 is 1.57 bits per heavy atom. The molecule has 1 fully saturated rings. The van der Waals surface area contributed by atoms with Crippen molar-refractivity contribution in [2.75, 3.05) is 39.5 Å². The van der Waals surface area contributed by atoms with Crippen molar-refractivity contribution >= 4 is 0 Å². The maximum atomic E-state index is 8.60. The van der Waals surface area contributed by atoms with Gasteiger partial charge in [0.2, 0.25) is 0 Å². The second kappa shape index (κ2) is 8.21. The number of ether oxygens (including phenoxy) is 1. The summed E-state index contributed by atoms with van der Waals surface area (Å²) in [5, 5.41) is 8.60. The molecule has 1 rings (SSSR count). The zero-order chi connectivity index (χ0) is 10.1. The molecule has 1 aliphatic heterocycles. The fourth-order valence-electron chi connectivity index (χ4n) is 1.80. The van der Waals surface area contributed by atoms with E-state index in [0.717, 1.165) is 32.7 Å². The van der Waals surface area contributed by atoms with Gasteiger partial charge in [0.05, 0.1) is 13.2 Å². The number of morpholine rings is 1. The minimum atomic E-state index is 0.351. The molecular weight excluding hydrogens is 178 g/mol. The largest absolute Gasteiger partial charge is 0.396 e. The standard InChI is InChI=1S/C11H23NO2/c13-9-5-3-1-2-4-6-12-7-10-14-11-8-12/h13H,1-11H2. The van der Waals surface area contributed by atoms with E-state index in [-0.39, 0.29) is 0 Å². The fraction of sp³-hybridized carbons (Fsp3) is 1.00. The molecule has 1 heterocycles. The van der Waals surface area contributed by atoms with Crippen molar-refractivity contribution < 1.29 is 9.84 Å². The summed E-state index contributed by atoms with van der Waals surface area (Å²) in [6, 6.07) is 0. The minimum Gasteiger partial charge on any atom is -0.396 e. The van der Waals surface area contributed by atoms with Crippen LogP contribution in [-0.2, 0) is 4.74 Å². The predicted molar refractivity (Wildman–Crippen MR) is 57.4 cm³/mol. The third-order valence-corrected chi connectivity index (χ3v) is 2.74. The summed E-state index contributed by atoms with van der Waals surface area (Å²) in [6.45, 7) is 5.61. The van der Waals surface area contributed by atoms with Gasteiger partial charge in [-0.2, -0.15) is 0 Å². The third-order valence-electron chi connectivity index (χ3n) is 2.74. The Labute approximate surface area is 87.1 Å². The number of nitrogens with zero attached hydrogens (tertiary/aromatic N) is 1. The molecule has 0 bridgehead atoms. The quantitative estimate of drug-likeness (QED) is 0.629. The number of hydrogen-bond donors (Lipinski definition) is 1. The predicted octanol–water partition coefficient (Wildman–Crippen LogP) is 1.26. The summed E-state index contributed by atoms with van der Waals surface area (Å²) in [4.78, 5) is 2.48. The third kappa shape index (κ3) is 5.58. The number of aliphatic hydroxyl groups excluding tert-OH is 1. The molecule has 0 atom stereocenters. The number of rotatable bonds is 7. The number of unbranched alkanes of at least 4 members (excludes halogenated alkanes) is 4. The van der Waals surface area contributed by atoms with Crippen molar-refractivity contribution in [3.63, 3.8) is 0 Å². The molecule has 1 N–H and O–H groups in total. The lowest BCUT2D eigenvalue weighted by Gasteiger charge is -2.26. The van der Waals surface area contributed by atoms with Crippen LogP contribution in [0.15, 0.2) is 0 Å². The van der Waals surface area contributed by atoms with Crippen molar-refractivity contribution in [1.82, 2.24) is 4.90 Å². The van der Waals surface area contributed by atoms with Gasteiger partial charge in [-0.15, -0.1) is 0 Å². The number of aliphatic hydroxyl groups is 1. The van der Waals surface area contributed by atoms with Gasteiger partial charge in [-0.25, -0.2) is 0 Å². The first-order chi connectivity index (χ1) is 6.93. The molecule has 0 unspecified atom stereocenters. The van der Waals surface area contributed by atoms with Crippen LogP contribution < -0.4 is 0 Å². The van der Waals surface area contributed by atoms with E-state index in [1.807, 2.05) is 0 Å². The van der Waals surface area contributed by atoms with Gasteiger partial charge >= 0.3 is 0 Å². The smallest absolute Gasteiger partial charge is 0.0594 e. The Kier molecular flexibility index (Phi) is 7.01. The molecular formula is C11H23NO2. The highest BCUT2D eigenvalue weighted by atomic mass is 16.5. The van der Waals surface area contributed by atoms with Crippen LogP contribution in [0.5, 0.6) is 0 Å². The van der Waals surface area contributed by atoms with Gasteiger partial charge in [0.1, 0.15) is 0 Å². The lowest BCUT2D eigenvalue weighted by Crippen LogP contribution is -2.36. The maximum Gasteiger partial charge on any atom is 0.0594 e. The Morgan fingerprint density at radius 1 is 0.929 bits per heavy atom. The summed E-state index contributed by atoms with van der Waals surface area (Å²) in [6.07, 6.45) is 6.02. The minimum absolute atomic E-state index is 0.351. The van der Waals surface area contributed by atoms with E-state index in [1.165, 1.54) is 32.2 Å². The molecule has 14 heavy (non-hydrogen) atoms. The van der Waals surface area contributed by atoms with Crippen molar-refractivity contribution in [2.24, 2.45) is 0 Å². The second-order valence-corrected chi connectivity index (χ2v) is 3.95. The highest BCUT2D eigenvalue weighted by Crippen LogP contribution is 2.05. The first-order valence-corrected chi connectivity index (χ1v) is 5.84. The van der Waals surface area contributed by atoms with Gasteiger partial charge in [-0.3, -0.25) is 4.90 Å². The highest BCUT2D eigenvalue weighted by molar-refractivity contribution is 4.61. The van der Waals surface area contributed by atoms with Crippen LogP contribution >= 0.6 is 0 Å². The van der Waals surface area contributed by atoms with Crippen molar-refractivity contribution in [2.45, 2.75) is 32.1 Å². The van der Waals surface area contributed by atoms with Gasteiger partial charge in [-0.05, 0) is 19.4 Å². The van der Waals surface area contributed by atoms with Crippen molar-refractivity contribution in [3.05, 3.63) is 0 Å². The molecule has 0 saturated carbocycles. The number of hydrogen-bond acceptors (Lipinski definition) is 3. The average molecular weight is 201 g/mol. The first kappa shape index (κ1) is 12.0. The summed E-state index contributed by atoms with van der Waals surface area (Å²) in [7, 11) is 0. The summed E-state index contributed by atoms with van der Waals surface area (Å²) in [5.41, 5.74) is 0. The first-order valence-electron chi connectivity index (χ1n) is 5.84. The van der Waals surface area contributed by atoms with Gasteiger partial charge < -0.3 is 9.84 Å². The van der Waals surface area contributed by atoms with Crippen LogP contribution in [0.4, 0.5) is 0 Å². The fourth-order valence-corrected chi connectivity index (χ4v) is 1.80. The Balaban J connectivity index is 1.82. The van der Waals surface area contributed by atoms with E-state index in [9.17, 15) is 0 Å². The molecule has 1 saturated heterocycles. The molecule has 1 aliphatic rings. The molecule has 3 nitrogen and oxygen atoms in total. The summed E-state index contributed by atoms with van der Waals surface area (Å²) >= 11 is 0. The van der Waals surface area contributed by atoms with E-state index in [2.05, 4.69) is 4.90 Å². The summed E-state index contributed by atoms with van der Waals surface area (Å²) in [5.74, 6) is 0. The topological polar surface area (TPSA) is 32.7 Å². The highest BCUT2D eigenvalue weighted by Gasteiger charge is 2.08. The molecule has 0 spiro atoms. The van der Waals surface area contributed by atoms with Crippen LogP contribution in [0, 0.1) is 0 Å². The van der Waals surface area contributed by atoms with Gasteiger partial charge in [0.15, 0.2) is 0 Å². The lowest BCUT2D eigenvalue weighted by atomic mass is 10.1. The van der Waals surface area contributed by atoms with Gasteiger partial charge in [-0.1, -0.05) is 19.3 Å². The molecule has 3 heteroatoms. The zero-order valence-corrected chi connectivity index (χ0v) is 9.08. The molecule has 0 aromatic heterocycles. The van der Waals surface area contributed by atoms with Crippen LogP contribution in [0.3, 0.4) is 0 Å². The van der Waals surface area contributed by atoms with Crippen LogP contribution in [0.1, 0.15) is 32.1 Å². The van der Waals surface area contributed by atoms with E-state index in [0.29, 0.717) is 6.61 Å². The van der Waals surface area contributed by atoms with E-state index < -0.39 is 0 Å². The van der Waals surface area contributed by atoms with Crippen molar-refractivity contribution in [3.8, 4) is 0 Å². The molecule has 0 aromatic rings. The monoisotopic (exact) mass is 201 g/mol. The van der Waals surface area contributed by atoms with Gasteiger partial charge in [0, 0.05) is 19.7 Å². The molecule has 0 amide bonds. The second-order valence-electron chi connectivity index (χ2n) is 3.95. The lowest BCUT2D eigenvalue weighted by molar-refractivity contribution is 0.0371. The SMILES string of the molecule is OCCCCCCCN1CCOCC1. The van der Waals surface area contributed by atoms with E-state index in [4.69, 9.17) is 9.84 Å². The maximum absolute atomic E-state index is 8.60. The Bertz CT molecular complexity index is 124. The Morgan fingerprint density at radius 3 is 2.29 bits per heavy atom. The zero-order valence-electron chi connectivity index (χ0n) is 9.08. The van der Waals surface area contributed by atoms with E-state index in [1.54, 1.807) is 0 Å². The van der Waals surface area contributed by atoms with E-state index >= 15 is 0 Å². The van der Waals surface area contributed by atoms with Crippen molar-refractivity contribution in [1.29, 1.82) is 0 Å². The normalized spacial score (nSPS) is 18.6. The molecule has 0 aromatic carbocycles. The van der Waals surface area contributed by atoms with Crippen LogP contribution in [0.2, 0.25) is 0 Å². The van der Waals surface area contributed by atoms with Crippen LogP contribution in [-0.4, -0.2) is 49.5 Å². The summed E-state index contributed by atoms with van der Waals surface area (Å²) < 4.78 is 5.29. The van der Waals surface area contributed by atoms with Gasteiger partial charge in [0.25, 0.3) is 0 Å². The Hall–Kier alpha value is -0.120. The molecule has 0 aliphatic carbocycles. The van der Waals surface area contributed by atoms with Crippen LogP contribution in [0.25, 0.3) is 0 Å². The molecule has 84 valence electrons.